The molecule has 0 unspecified atom stereocenters. The molecular weight excluding hydrogens is 337 g/mol. The second-order valence-corrected chi connectivity index (χ2v) is 5.79. The second kappa shape index (κ2) is 5.50. The third-order valence-corrected chi connectivity index (χ3v) is 4.27. The number of pyridine rings is 1. The van der Waals surface area contributed by atoms with E-state index in [9.17, 15) is 9.50 Å². The Morgan fingerprint density at radius 1 is 1.00 bits per heavy atom. The van der Waals surface area contributed by atoms with Gasteiger partial charge in [-0.15, -0.1) is 10.2 Å². The highest BCUT2D eigenvalue weighted by Crippen LogP contribution is 2.33. The van der Waals surface area contributed by atoms with Gasteiger partial charge in [-0.25, -0.2) is 4.39 Å². The lowest BCUT2D eigenvalue weighted by Crippen LogP contribution is -1.96. The van der Waals surface area contributed by atoms with Gasteiger partial charge in [0.05, 0.1) is 5.69 Å². The van der Waals surface area contributed by atoms with Gasteiger partial charge >= 0.3 is 5.84 Å². The zero-order valence-corrected chi connectivity index (χ0v) is 13.4. The molecule has 0 radical (unpaired) electrons. The lowest BCUT2D eigenvalue weighted by molar-refractivity contribution is 0.270. The highest BCUT2D eigenvalue weighted by Gasteiger charge is 2.19. The van der Waals surface area contributed by atoms with Crippen LogP contribution in [-0.2, 0) is 6.61 Å². The molecule has 0 aliphatic heterocycles. The normalized spacial score (nSPS) is 11.6. The molecule has 0 fully saturated rings. The van der Waals surface area contributed by atoms with E-state index in [2.05, 4.69) is 15.2 Å². The quantitative estimate of drug-likeness (QED) is 0.542. The maximum absolute atomic E-state index is 13.3. The molecule has 0 saturated carbocycles. The summed E-state index contributed by atoms with van der Waals surface area (Å²) >= 11 is 0. The van der Waals surface area contributed by atoms with Crippen LogP contribution in [0.2, 0.25) is 0 Å². The van der Waals surface area contributed by atoms with Crippen LogP contribution in [0.3, 0.4) is 0 Å². The number of fused-ring (bicyclic) bond motifs is 2. The van der Waals surface area contributed by atoms with Crippen LogP contribution in [0.5, 0.6) is 0 Å². The number of rotatable bonds is 3. The van der Waals surface area contributed by atoms with Crippen molar-refractivity contribution < 1.29 is 13.9 Å². The summed E-state index contributed by atoms with van der Waals surface area (Å²) in [5, 5.41) is 17.4. The Morgan fingerprint density at radius 3 is 2.62 bits per heavy atom. The van der Waals surface area contributed by atoms with Crippen LogP contribution in [0.25, 0.3) is 34.0 Å². The van der Waals surface area contributed by atoms with Gasteiger partial charge in [0.15, 0.2) is 11.5 Å². The fourth-order valence-electron chi connectivity index (χ4n) is 3.06. The first-order valence-electron chi connectivity index (χ1n) is 7.91. The van der Waals surface area contributed by atoms with Crippen molar-refractivity contribution in [2.75, 3.05) is 0 Å². The Labute approximate surface area is 146 Å². The van der Waals surface area contributed by atoms with Crippen LogP contribution in [-0.4, -0.2) is 29.1 Å². The molecule has 4 aromatic heterocycles. The van der Waals surface area contributed by atoms with Crippen LogP contribution < -0.4 is 0 Å². The van der Waals surface area contributed by atoms with Crippen molar-refractivity contribution in [3.63, 3.8) is 0 Å². The topological polar surface area (TPSA) is 80.9 Å². The molecule has 8 heteroatoms. The third-order valence-electron chi connectivity index (χ3n) is 4.27. The van der Waals surface area contributed by atoms with Crippen molar-refractivity contribution in [2.24, 2.45) is 0 Å². The molecule has 1 aromatic carbocycles. The van der Waals surface area contributed by atoms with Gasteiger partial charge in [0.1, 0.15) is 24.4 Å². The fourth-order valence-corrected chi connectivity index (χ4v) is 3.06. The average Bonchev–Trinajstić information content (AvgIpc) is 3.35. The summed E-state index contributed by atoms with van der Waals surface area (Å²) in [4.78, 5) is 4.54. The Balaban J connectivity index is 1.79. The summed E-state index contributed by atoms with van der Waals surface area (Å²) < 4.78 is 22.3. The number of nitrogens with zero attached hydrogens (tertiary/aromatic N) is 5. The van der Waals surface area contributed by atoms with E-state index in [0.717, 1.165) is 16.8 Å². The van der Waals surface area contributed by atoms with Crippen molar-refractivity contribution in [3.05, 3.63) is 66.7 Å². The molecule has 4 heterocycles. The van der Waals surface area contributed by atoms with E-state index in [1.165, 1.54) is 12.1 Å². The monoisotopic (exact) mass is 349 g/mol. The summed E-state index contributed by atoms with van der Waals surface area (Å²) in [6, 6.07) is 9.86. The molecule has 0 bridgehead atoms. The predicted molar refractivity (Wildman–Crippen MR) is 90.8 cm³/mol. The first-order chi connectivity index (χ1) is 12.7. The molecule has 7 nitrogen and oxygen atoms in total. The lowest BCUT2D eigenvalue weighted by atomic mass is 10.1. The van der Waals surface area contributed by atoms with E-state index >= 15 is 0 Å². The van der Waals surface area contributed by atoms with Gasteiger partial charge in [-0.1, -0.05) is 0 Å². The number of aliphatic hydroxyl groups is 1. The standard InChI is InChI=1S/C18H12FN5O2/c19-13-4-1-11(2-5-13)16-17(23-7-8-26-18(23)20-16)12-3-6-14-21-22-15(10-25)24(14)9-12/h1-9,25H,10H2. The first-order valence-corrected chi connectivity index (χ1v) is 7.91. The molecule has 26 heavy (non-hydrogen) atoms. The van der Waals surface area contributed by atoms with Crippen LogP contribution in [0.4, 0.5) is 4.39 Å². The zero-order valence-electron chi connectivity index (χ0n) is 13.4. The highest BCUT2D eigenvalue weighted by atomic mass is 19.1. The van der Waals surface area contributed by atoms with Gasteiger partial charge in [0, 0.05) is 23.5 Å². The summed E-state index contributed by atoms with van der Waals surface area (Å²) in [6.07, 6.45) is 5.16. The van der Waals surface area contributed by atoms with Gasteiger partial charge in [0.2, 0.25) is 0 Å². The highest BCUT2D eigenvalue weighted by molar-refractivity contribution is 5.81. The fraction of sp³-hybridized carbons (Fsp3) is 0.0556. The van der Waals surface area contributed by atoms with Crippen LogP contribution in [0, 0.1) is 5.82 Å². The molecule has 1 N–H and O–H groups in total. The molecule has 0 aliphatic carbocycles. The van der Waals surface area contributed by atoms with E-state index in [1.807, 2.05) is 22.7 Å². The number of imidazole rings is 1. The van der Waals surface area contributed by atoms with Crippen molar-refractivity contribution in [2.45, 2.75) is 6.61 Å². The Kier molecular flexibility index (Phi) is 3.13. The van der Waals surface area contributed by atoms with Crippen LogP contribution in [0.15, 0.2) is 59.5 Å². The smallest absolute Gasteiger partial charge is 0.306 e. The lowest BCUT2D eigenvalue weighted by Gasteiger charge is -2.06. The Morgan fingerprint density at radius 2 is 1.81 bits per heavy atom. The van der Waals surface area contributed by atoms with E-state index in [4.69, 9.17) is 4.42 Å². The van der Waals surface area contributed by atoms with Crippen LogP contribution in [0.1, 0.15) is 5.82 Å². The SMILES string of the molecule is OCc1nnc2ccc(-c3c(-c4ccc(F)cc4)nc4occn34)cn12. The van der Waals surface area contributed by atoms with E-state index in [0.29, 0.717) is 23.0 Å². The van der Waals surface area contributed by atoms with Gasteiger partial charge in [0.25, 0.3) is 0 Å². The van der Waals surface area contributed by atoms with Crippen molar-refractivity contribution in [1.82, 2.24) is 24.0 Å². The number of hydrogen-bond acceptors (Lipinski definition) is 5. The molecule has 128 valence electrons. The minimum atomic E-state index is -0.309. The van der Waals surface area contributed by atoms with Gasteiger partial charge in [-0.05, 0) is 36.4 Å². The third kappa shape index (κ3) is 2.12. The molecule has 0 amide bonds. The molecule has 5 rings (SSSR count). The summed E-state index contributed by atoms with van der Waals surface area (Å²) in [5.74, 6) is 0.570. The van der Waals surface area contributed by atoms with Gasteiger partial charge in [-0.2, -0.15) is 4.98 Å². The van der Waals surface area contributed by atoms with E-state index in [1.54, 1.807) is 29.0 Å². The number of oxazole rings is 1. The largest absolute Gasteiger partial charge is 0.432 e. The van der Waals surface area contributed by atoms with Crippen LogP contribution >= 0.6 is 0 Å². The molecule has 0 atom stereocenters. The number of benzene rings is 1. The number of halogens is 1. The zero-order chi connectivity index (χ0) is 17.7. The van der Waals surface area contributed by atoms with E-state index < -0.39 is 0 Å². The maximum Gasteiger partial charge on any atom is 0.306 e. The van der Waals surface area contributed by atoms with Crippen molar-refractivity contribution in [3.8, 4) is 22.5 Å². The Hall–Kier alpha value is -3.52. The number of aromatic nitrogens is 5. The molecular formula is C18H12FN5O2. The molecule has 5 aromatic rings. The first kappa shape index (κ1) is 14.8. The molecule has 0 aliphatic rings. The molecule has 0 spiro atoms. The number of hydrogen-bond donors (Lipinski definition) is 1. The number of aliphatic hydroxyl groups excluding tert-OH is 1. The summed E-state index contributed by atoms with van der Waals surface area (Å²) in [7, 11) is 0. The molecule has 0 saturated heterocycles. The maximum atomic E-state index is 13.3. The average molecular weight is 349 g/mol. The van der Waals surface area contributed by atoms with E-state index in [-0.39, 0.29) is 12.4 Å². The second-order valence-electron chi connectivity index (χ2n) is 5.79. The Bertz CT molecular complexity index is 1240. The minimum absolute atomic E-state index is 0.219. The predicted octanol–water partition coefficient (Wildman–Crippen LogP) is 2.94. The summed E-state index contributed by atoms with van der Waals surface area (Å²) in [5.41, 5.74) is 3.70. The minimum Gasteiger partial charge on any atom is -0.432 e. The van der Waals surface area contributed by atoms with Crippen molar-refractivity contribution >= 4 is 11.5 Å². The summed E-state index contributed by atoms with van der Waals surface area (Å²) in [6.45, 7) is -0.219. The van der Waals surface area contributed by atoms with Crippen molar-refractivity contribution in [1.29, 1.82) is 0 Å². The van der Waals surface area contributed by atoms with Gasteiger partial charge < -0.3 is 9.52 Å². The van der Waals surface area contributed by atoms with Gasteiger partial charge in [-0.3, -0.25) is 8.80 Å².